The Morgan fingerprint density at radius 1 is 1.17 bits per heavy atom. The highest BCUT2D eigenvalue weighted by Crippen LogP contribution is 2.16. The maximum atomic E-state index is 13.4. The van der Waals surface area contributed by atoms with E-state index in [4.69, 9.17) is 4.74 Å². The molecule has 0 spiro atoms. The number of rotatable bonds is 7. The number of amides is 2. The lowest BCUT2D eigenvalue weighted by molar-refractivity contribution is -0.121. The zero-order valence-corrected chi connectivity index (χ0v) is 12.7. The molecule has 0 aliphatic carbocycles. The third-order valence-electron chi connectivity index (χ3n) is 3.64. The van der Waals surface area contributed by atoms with E-state index in [0.29, 0.717) is 12.8 Å². The first-order valence-electron chi connectivity index (χ1n) is 7.68. The summed E-state index contributed by atoms with van der Waals surface area (Å²) in [5.74, 6) is -2.80. The summed E-state index contributed by atoms with van der Waals surface area (Å²) in [6, 6.07) is 3.23. The Morgan fingerprint density at radius 3 is 2.52 bits per heavy atom. The van der Waals surface area contributed by atoms with Crippen molar-refractivity contribution >= 4 is 11.8 Å². The Balaban J connectivity index is 1.64. The molecule has 1 atom stereocenters. The van der Waals surface area contributed by atoms with Gasteiger partial charge in [-0.1, -0.05) is 6.07 Å². The topological polar surface area (TPSA) is 67.4 Å². The number of hydrogen-bond acceptors (Lipinski definition) is 3. The molecule has 0 aromatic heterocycles. The number of carbonyl (C=O) groups is 2. The number of carbonyl (C=O) groups excluding carboxylic acids is 2. The number of hydrogen-bond donors (Lipinski definition) is 2. The van der Waals surface area contributed by atoms with Gasteiger partial charge in [0.2, 0.25) is 5.91 Å². The summed E-state index contributed by atoms with van der Waals surface area (Å²) >= 11 is 0. The van der Waals surface area contributed by atoms with Gasteiger partial charge in [-0.15, -0.1) is 0 Å². The van der Waals surface area contributed by atoms with E-state index in [-0.39, 0.29) is 25.1 Å². The molecule has 1 saturated heterocycles. The van der Waals surface area contributed by atoms with E-state index in [1.807, 2.05) is 0 Å². The molecule has 2 amide bonds. The average Bonchev–Trinajstić information content (AvgIpc) is 3.03. The smallest absolute Gasteiger partial charge is 0.257 e. The average molecular weight is 326 g/mol. The molecule has 0 saturated carbocycles. The van der Waals surface area contributed by atoms with Gasteiger partial charge in [0.15, 0.2) is 0 Å². The summed E-state index contributed by atoms with van der Waals surface area (Å²) < 4.78 is 32.2. The van der Waals surface area contributed by atoms with Gasteiger partial charge in [-0.25, -0.2) is 8.78 Å². The second-order valence-corrected chi connectivity index (χ2v) is 5.38. The molecule has 2 N–H and O–H groups in total. The number of ether oxygens (including phenoxy) is 1. The number of halogens is 2. The van der Waals surface area contributed by atoms with Crippen LogP contribution in [-0.2, 0) is 9.53 Å². The minimum absolute atomic E-state index is 0.0955. The number of nitrogens with one attached hydrogen (secondary N) is 2. The third-order valence-corrected chi connectivity index (χ3v) is 3.64. The monoisotopic (exact) mass is 326 g/mol. The summed E-state index contributed by atoms with van der Waals surface area (Å²) in [6.07, 6.45) is 3.21. The first-order valence-corrected chi connectivity index (χ1v) is 7.68. The van der Waals surface area contributed by atoms with Gasteiger partial charge in [0.1, 0.15) is 17.2 Å². The molecule has 1 fully saturated rings. The predicted molar refractivity (Wildman–Crippen MR) is 79.9 cm³/mol. The van der Waals surface area contributed by atoms with Crippen molar-refractivity contribution in [1.82, 2.24) is 10.6 Å². The van der Waals surface area contributed by atoms with E-state index >= 15 is 0 Å². The van der Waals surface area contributed by atoms with Crippen LogP contribution in [0.1, 0.15) is 36.0 Å². The SMILES string of the molecule is O=C(CC[C@@H]1CCCO1)NCCNC(=O)c1c(F)cccc1F. The van der Waals surface area contributed by atoms with Crippen molar-refractivity contribution in [3.8, 4) is 0 Å². The van der Waals surface area contributed by atoms with Crippen LogP contribution in [0, 0.1) is 11.6 Å². The second-order valence-electron chi connectivity index (χ2n) is 5.38. The van der Waals surface area contributed by atoms with Crippen molar-refractivity contribution in [3.63, 3.8) is 0 Å². The highest BCUT2D eigenvalue weighted by molar-refractivity contribution is 5.94. The van der Waals surface area contributed by atoms with Gasteiger partial charge in [-0.2, -0.15) is 0 Å². The van der Waals surface area contributed by atoms with Crippen LogP contribution >= 0.6 is 0 Å². The van der Waals surface area contributed by atoms with E-state index in [2.05, 4.69) is 10.6 Å². The first-order chi connectivity index (χ1) is 11.1. The van der Waals surface area contributed by atoms with Crippen LogP contribution in [0.5, 0.6) is 0 Å². The molecule has 1 aromatic carbocycles. The van der Waals surface area contributed by atoms with Crippen LogP contribution in [0.3, 0.4) is 0 Å². The van der Waals surface area contributed by atoms with Gasteiger partial charge in [0.25, 0.3) is 5.91 Å². The van der Waals surface area contributed by atoms with E-state index in [1.165, 1.54) is 6.07 Å². The van der Waals surface area contributed by atoms with Crippen LogP contribution in [0.25, 0.3) is 0 Å². The maximum Gasteiger partial charge on any atom is 0.257 e. The standard InChI is InChI=1S/C16H20F2N2O3/c17-12-4-1-5-13(18)15(12)16(22)20-9-8-19-14(21)7-6-11-3-2-10-23-11/h1,4-5,11H,2-3,6-10H2,(H,19,21)(H,20,22)/t11-/m0/s1. The molecule has 2 rings (SSSR count). The predicted octanol–water partition coefficient (Wildman–Crippen LogP) is 1.77. The lowest BCUT2D eigenvalue weighted by Crippen LogP contribution is -2.35. The van der Waals surface area contributed by atoms with Crippen molar-refractivity contribution in [2.45, 2.75) is 31.8 Å². The van der Waals surface area contributed by atoms with Crippen LogP contribution in [-0.4, -0.2) is 37.6 Å². The summed E-state index contributed by atoms with van der Waals surface area (Å²) in [4.78, 5) is 23.3. The van der Waals surface area contributed by atoms with Crippen molar-refractivity contribution in [2.75, 3.05) is 19.7 Å². The molecule has 1 aromatic rings. The third kappa shape index (κ3) is 5.28. The first kappa shape index (κ1) is 17.3. The lowest BCUT2D eigenvalue weighted by atomic mass is 10.1. The van der Waals surface area contributed by atoms with E-state index < -0.39 is 23.1 Å². The van der Waals surface area contributed by atoms with Gasteiger partial charge in [-0.3, -0.25) is 9.59 Å². The Bertz CT molecular complexity index is 540. The minimum Gasteiger partial charge on any atom is -0.378 e. The van der Waals surface area contributed by atoms with Crippen molar-refractivity contribution in [1.29, 1.82) is 0 Å². The number of benzene rings is 1. The molecule has 1 aliphatic rings. The zero-order chi connectivity index (χ0) is 16.7. The maximum absolute atomic E-state index is 13.4. The Labute approximate surface area is 133 Å². The summed E-state index contributed by atoms with van der Waals surface area (Å²) in [5.41, 5.74) is -0.614. The Hall–Kier alpha value is -2.02. The van der Waals surface area contributed by atoms with E-state index in [0.717, 1.165) is 31.6 Å². The largest absolute Gasteiger partial charge is 0.378 e. The van der Waals surface area contributed by atoms with Crippen LogP contribution < -0.4 is 10.6 Å². The highest BCUT2D eigenvalue weighted by atomic mass is 19.1. The summed E-state index contributed by atoms with van der Waals surface area (Å²) in [6.45, 7) is 1.05. The van der Waals surface area contributed by atoms with Gasteiger partial charge < -0.3 is 15.4 Å². The zero-order valence-electron chi connectivity index (χ0n) is 12.7. The highest BCUT2D eigenvalue weighted by Gasteiger charge is 2.17. The fourth-order valence-corrected chi connectivity index (χ4v) is 2.43. The minimum atomic E-state index is -0.914. The van der Waals surface area contributed by atoms with Gasteiger partial charge in [0.05, 0.1) is 6.10 Å². The van der Waals surface area contributed by atoms with Crippen LogP contribution in [0.4, 0.5) is 8.78 Å². The molecule has 0 radical (unpaired) electrons. The van der Waals surface area contributed by atoms with Crippen molar-refractivity contribution in [3.05, 3.63) is 35.4 Å². The van der Waals surface area contributed by atoms with Crippen LogP contribution in [0.15, 0.2) is 18.2 Å². The molecule has 5 nitrogen and oxygen atoms in total. The lowest BCUT2D eigenvalue weighted by Gasteiger charge is -2.10. The fourth-order valence-electron chi connectivity index (χ4n) is 2.43. The van der Waals surface area contributed by atoms with E-state index in [9.17, 15) is 18.4 Å². The second kappa shape index (κ2) is 8.57. The molecule has 23 heavy (non-hydrogen) atoms. The molecule has 0 unspecified atom stereocenters. The Morgan fingerprint density at radius 2 is 1.87 bits per heavy atom. The van der Waals surface area contributed by atoms with Gasteiger partial charge >= 0.3 is 0 Å². The van der Waals surface area contributed by atoms with Gasteiger partial charge in [-0.05, 0) is 31.4 Å². The Kier molecular flexibility index (Phi) is 6.46. The van der Waals surface area contributed by atoms with E-state index in [1.54, 1.807) is 0 Å². The van der Waals surface area contributed by atoms with Crippen LogP contribution in [0.2, 0.25) is 0 Å². The summed E-state index contributed by atoms with van der Waals surface area (Å²) in [7, 11) is 0. The summed E-state index contributed by atoms with van der Waals surface area (Å²) in [5, 5.41) is 5.02. The molecule has 126 valence electrons. The van der Waals surface area contributed by atoms with Crippen molar-refractivity contribution < 1.29 is 23.1 Å². The molecular formula is C16H20F2N2O3. The quantitative estimate of drug-likeness (QED) is 0.751. The molecule has 0 bridgehead atoms. The molecule has 1 aliphatic heterocycles. The molecular weight excluding hydrogens is 306 g/mol. The van der Waals surface area contributed by atoms with Gasteiger partial charge in [0, 0.05) is 26.1 Å². The fraction of sp³-hybridized carbons (Fsp3) is 0.500. The molecule has 1 heterocycles. The normalized spacial score (nSPS) is 17.0. The molecule has 7 heteroatoms. The van der Waals surface area contributed by atoms with Crippen molar-refractivity contribution in [2.24, 2.45) is 0 Å².